The molecule has 0 spiro atoms. The quantitative estimate of drug-likeness (QED) is 0.565. The van der Waals surface area contributed by atoms with Crippen LogP contribution in [0.25, 0.3) is 11.4 Å². The molecule has 1 aliphatic carbocycles. The van der Waals surface area contributed by atoms with Gasteiger partial charge in [-0.1, -0.05) is 39.8 Å². The number of rotatable bonds is 10. The van der Waals surface area contributed by atoms with Crippen LogP contribution in [0.2, 0.25) is 0 Å². The second-order valence-corrected chi connectivity index (χ2v) is 8.43. The van der Waals surface area contributed by atoms with Gasteiger partial charge in [0.2, 0.25) is 0 Å². The van der Waals surface area contributed by atoms with Gasteiger partial charge in [0.1, 0.15) is 0 Å². The highest BCUT2D eigenvalue weighted by atomic mass is 16.2. The molecular weight excluding hydrogens is 394 g/mol. The van der Waals surface area contributed by atoms with E-state index in [1.54, 1.807) is 12.1 Å². The molecule has 2 N–H and O–H groups in total. The van der Waals surface area contributed by atoms with Gasteiger partial charge in [-0.25, -0.2) is 4.68 Å². The predicted molar refractivity (Wildman–Crippen MR) is 119 cm³/mol. The first-order chi connectivity index (χ1) is 14.9. The number of benzene rings is 1. The van der Waals surface area contributed by atoms with Gasteiger partial charge >= 0.3 is 11.8 Å². The highest BCUT2D eigenvalue weighted by molar-refractivity contribution is 6.39. The van der Waals surface area contributed by atoms with Gasteiger partial charge in [-0.05, 0) is 60.8 Å². The number of carbonyl (C=O) groups excluding carboxylic acids is 2. The molecule has 0 radical (unpaired) electrons. The third-order valence-corrected chi connectivity index (χ3v) is 5.54. The molecule has 9 heteroatoms. The van der Waals surface area contributed by atoms with E-state index in [9.17, 15) is 9.59 Å². The highest BCUT2D eigenvalue weighted by Crippen LogP contribution is 2.36. The number of nitrogens with one attached hydrogen (secondary N) is 2. The Morgan fingerprint density at radius 3 is 2.58 bits per heavy atom. The average molecular weight is 428 g/mol. The summed E-state index contributed by atoms with van der Waals surface area (Å²) in [6, 6.07) is 7.79. The van der Waals surface area contributed by atoms with Crippen LogP contribution < -0.4 is 10.6 Å². The maximum Gasteiger partial charge on any atom is 0.313 e. The minimum absolute atomic E-state index is 0.205. The molecule has 2 aromatic rings. The SMILES string of the molecule is CCN(CC)[C@H](CNC(=O)C(=O)Nc1cccc(-c2nnnn2C2CC2)c1)CC(C)C. The summed E-state index contributed by atoms with van der Waals surface area (Å²) in [6.45, 7) is 10.8. The molecule has 1 aromatic heterocycles. The lowest BCUT2D eigenvalue weighted by Crippen LogP contribution is -2.46. The Hall–Kier alpha value is -2.81. The fourth-order valence-corrected chi connectivity index (χ4v) is 3.81. The van der Waals surface area contributed by atoms with Gasteiger partial charge in [-0.15, -0.1) is 5.10 Å². The zero-order valence-corrected chi connectivity index (χ0v) is 18.8. The molecule has 2 amide bonds. The zero-order valence-electron chi connectivity index (χ0n) is 18.8. The van der Waals surface area contributed by atoms with Crippen LogP contribution in [-0.4, -0.2) is 62.6 Å². The monoisotopic (exact) mass is 427 g/mol. The number of hydrogen-bond donors (Lipinski definition) is 2. The number of amides is 2. The average Bonchev–Trinajstić information content (AvgIpc) is 3.48. The first-order valence-electron chi connectivity index (χ1n) is 11.1. The molecule has 9 nitrogen and oxygen atoms in total. The van der Waals surface area contributed by atoms with Crippen molar-refractivity contribution in [3.63, 3.8) is 0 Å². The first kappa shape index (κ1) is 22.9. The van der Waals surface area contributed by atoms with Crippen LogP contribution in [0.5, 0.6) is 0 Å². The zero-order chi connectivity index (χ0) is 22.4. The van der Waals surface area contributed by atoms with E-state index in [2.05, 4.69) is 58.8 Å². The summed E-state index contributed by atoms with van der Waals surface area (Å²) in [5.41, 5.74) is 1.33. The van der Waals surface area contributed by atoms with Gasteiger partial charge < -0.3 is 10.6 Å². The Balaban J connectivity index is 1.60. The van der Waals surface area contributed by atoms with Crippen molar-refractivity contribution >= 4 is 17.5 Å². The van der Waals surface area contributed by atoms with Crippen molar-refractivity contribution in [2.24, 2.45) is 5.92 Å². The van der Waals surface area contributed by atoms with Crippen LogP contribution in [0, 0.1) is 5.92 Å². The van der Waals surface area contributed by atoms with E-state index in [4.69, 9.17) is 0 Å². The normalized spacial score (nSPS) is 14.6. The Labute approximate surface area is 183 Å². The van der Waals surface area contributed by atoms with Gasteiger partial charge in [0.05, 0.1) is 6.04 Å². The number of anilines is 1. The van der Waals surface area contributed by atoms with E-state index in [1.165, 1.54) is 0 Å². The standard InChI is InChI=1S/C22H33N7O2/c1-5-28(6-2)19(12-15(3)4)14-23-21(30)22(31)24-17-9-7-8-16(13-17)20-25-26-27-29(20)18-10-11-18/h7-9,13,15,18-19H,5-6,10-12,14H2,1-4H3,(H,23,30)(H,24,31)/t19-/m0/s1. The van der Waals surface area contributed by atoms with Crippen LogP contribution in [0.15, 0.2) is 24.3 Å². The Morgan fingerprint density at radius 2 is 1.94 bits per heavy atom. The second kappa shape index (κ2) is 10.5. The molecule has 1 heterocycles. The first-order valence-corrected chi connectivity index (χ1v) is 11.1. The molecule has 1 aliphatic rings. The maximum absolute atomic E-state index is 12.5. The lowest BCUT2D eigenvalue weighted by Gasteiger charge is -2.31. The molecule has 168 valence electrons. The minimum atomic E-state index is -0.679. The predicted octanol–water partition coefficient (Wildman–Crippen LogP) is 2.49. The Kier molecular flexibility index (Phi) is 7.73. The van der Waals surface area contributed by atoms with Gasteiger partial charge in [0.25, 0.3) is 0 Å². The summed E-state index contributed by atoms with van der Waals surface area (Å²) in [7, 11) is 0. The topological polar surface area (TPSA) is 105 Å². The maximum atomic E-state index is 12.5. The Bertz CT molecular complexity index is 887. The van der Waals surface area contributed by atoms with Crippen molar-refractivity contribution in [3.8, 4) is 11.4 Å². The van der Waals surface area contributed by atoms with Gasteiger partial charge in [0.15, 0.2) is 5.82 Å². The lowest BCUT2D eigenvalue weighted by atomic mass is 10.0. The third-order valence-electron chi connectivity index (χ3n) is 5.54. The van der Waals surface area contributed by atoms with E-state index in [0.29, 0.717) is 30.0 Å². The molecule has 3 rings (SSSR count). The number of likely N-dealkylation sites (N-methyl/N-ethyl adjacent to an activating group) is 1. The van der Waals surface area contributed by atoms with Gasteiger partial charge in [-0.3, -0.25) is 14.5 Å². The number of aromatic nitrogens is 4. The van der Waals surface area contributed by atoms with E-state index in [1.807, 2.05) is 16.8 Å². The summed E-state index contributed by atoms with van der Waals surface area (Å²) in [5.74, 6) is -0.138. The van der Waals surface area contributed by atoms with Crippen molar-refractivity contribution in [1.29, 1.82) is 0 Å². The second-order valence-electron chi connectivity index (χ2n) is 8.43. The summed E-state index contributed by atoms with van der Waals surface area (Å²) in [4.78, 5) is 27.2. The fourth-order valence-electron chi connectivity index (χ4n) is 3.81. The van der Waals surface area contributed by atoms with E-state index >= 15 is 0 Å². The van der Waals surface area contributed by atoms with Crippen LogP contribution in [0.3, 0.4) is 0 Å². The molecular formula is C22H33N7O2. The number of carbonyl (C=O) groups is 2. The van der Waals surface area contributed by atoms with Crippen LogP contribution in [0.1, 0.15) is 53.0 Å². The van der Waals surface area contributed by atoms with Crippen molar-refractivity contribution in [3.05, 3.63) is 24.3 Å². The lowest BCUT2D eigenvalue weighted by molar-refractivity contribution is -0.136. The molecule has 1 aromatic carbocycles. The number of tetrazole rings is 1. The largest absolute Gasteiger partial charge is 0.346 e. The molecule has 0 unspecified atom stereocenters. The van der Waals surface area contributed by atoms with Crippen molar-refractivity contribution in [1.82, 2.24) is 30.4 Å². The van der Waals surface area contributed by atoms with E-state index in [-0.39, 0.29) is 6.04 Å². The van der Waals surface area contributed by atoms with E-state index in [0.717, 1.165) is 37.9 Å². The fraction of sp³-hybridized carbons (Fsp3) is 0.591. The molecule has 31 heavy (non-hydrogen) atoms. The Morgan fingerprint density at radius 1 is 1.19 bits per heavy atom. The van der Waals surface area contributed by atoms with Crippen LogP contribution >= 0.6 is 0 Å². The highest BCUT2D eigenvalue weighted by Gasteiger charge is 2.28. The van der Waals surface area contributed by atoms with Crippen LogP contribution in [0.4, 0.5) is 5.69 Å². The smallest absolute Gasteiger partial charge is 0.313 e. The molecule has 1 saturated carbocycles. The van der Waals surface area contributed by atoms with E-state index < -0.39 is 11.8 Å². The molecule has 0 saturated heterocycles. The number of nitrogens with zero attached hydrogens (tertiary/aromatic N) is 5. The summed E-state index contributed by atoms with van der Waals surface area (Å²) >= 11 is 0. The molecule has 0 bridgehead atoms. The molecule has 1 atom stereocenters. The summed E-state index contributed by atoms with van der Waals surface area (Å²) < 4.78 is 1.82. The molecule has 1 fully saturated rings. The van der Waals surface area contributed by atoms with Crippen molar-refractivity contribution < 1.29 is 9.59 Å². The third kappa shape index (κ3) is 6.10. The minimum Gasteiger partial charge on any atom is -0.346 e. The summed E-state index contributed by atoms with van der Waals surface area (Å²) in [6.07, 6.45) is 3.10. The summed E-state index contributed by atoms with van der Waals surface area (Å²) in [5, 5.41) is 17.4. The van der Waals surface area contributed by atoms with Crippen molar-refractivity contribution in [2.45, 2.75) is 59.0 Å². The van der Waals surface area contributed by atoms with Gasteiger partial charge in [-0.2, -0.15) is 0 Å². The van der Waals surface area contributed by atoms with Gasteiger partial charge in [0, 0.05) is 23.8 Å². The van der Waals surface area contributed by atoms with Crippen molar-refractivity contribution in [2.75, 3.05) is 25.0 Å². The number of hydrogen-bond acceptors (Lipinski definition) is 6. The molecule has 0 aliphatic heterocycles. The van der Waals surface area contributed by atoms with Crippen LogP contribution in [-0.2, 0) is 9.59 Å².